The van der Waals surface area contributed by atoms with E-state index in [1.807, 2.05) is 0 Å². The van der Waals surface area contributed by atoms with E-state index in [9.17, 15) is 27.6 Å². The van der Waals surface area contributed by atoms with Gasteiger partial charge in [0.15, 0.2) is 0 Å². The highest BCUT2D eigenvalue weighted by molar-refractivity contribution is 6.04. The van der Waals surface area contributed by atoms with Gasteiger partial charge in [-0.05, 0) is 23.8 Å². The molecule has 9 heteroatoms. The molecule has 0 aliphatic heterocycles. The van der Waals surface area contributed by atoms with Gasteiger partial charge in [-0.15, -0.1) is 0 Å². The summed E-state index contributed by atoms with van der Waals surface area (Å²) in [6.07, 6.45) is -4.73. The molecule has 29 heavy (non-hydrogen) atoms. The second-order valence-corrected chi connectivity index (χ2v) is 6.18. The van der Waals surface area contributed by atoms with Crippen LogP contribution in [0.5, 0.6) is 0 Å². The van der Waals surface area contributed by atoms with Crippen molar-refractivity contribution in [3.63, 3.8) is 0 Å². The van der Waals surface area contributed by atoms with Crippen LogP contribution in [0, 0.1) is 0 Å². The summed E-state index contributed by atoms with van der Waals surface area (Å²) in [7, 11) is 1.11. The van der Waals surface area contributed by atoms with Crippen LogP contribution in [0.1, 0.15) is 28.4 Å². The predicted molar refractivity (Wildman–Crippen MR) is 99.2 cm³/mol. The van der Waals surface area contributed by atoms with Crippen molar-refractivity contribution in [2.45, 2.75) is 25.6 Å². The molecule has 0 heterocycles. The summed E-state index contributed by atoms with van der Waals surface area (Å²) in [5.41, 5.74) is -0.326. The number of carbonyl (C=O) groups excluding carboxylic acids is 3. The van der Waals surface area contributed by atoms with E-state index < -0.39 is 35.6 Å². The molecule has 154 valence electrons. The SMILES string of the molecule is COC(=O)[C@H](Cc1cccc(C(F)(F)F)c1)NC(=O)c1ccccc1NC(C)=O. The Morgan fingerprint density at radius 3 is 2.38 bits per heavy atom. The number of anilines is 1. The minimum absolute atomic E-state index is 0.0978. The van der Waals surface area contributed by atoms with Gasteiger partial charge in [-0.3, -0.25) is 9.59 Å². The number of esters is 1. The third kappa shape index (κ3) is 6.06. The number of amides is 2. The average molecular weight is 408 g/mol. The highest BCUT2D eigenvalue weighted by Gasteiger charge is 2.31. The number of hydrogen-bond donors (Lipinski definition) is 2. The van der Waals surface area contributed by atoms with Crippen LogP contribution in [-0.4, -0.2) is 30.9 Å². The fourth-order valence-corrected chi connectivity index (χ4v) is 2.66. The van der Waals surface area contributed by atoms with Crippen molar-refractivity contribution in [1.29, 1.82) is 0 Å². The van der Waals surface area contributed by atoms with Crippen LogP contribution in [0.25, 0.3) is 0 Å². The summed E-state index contributed by atoms with van der Waals surface area (Å²) in [5, 5.41) is 4.96. The monoisotopic (exact) mass is 408 g/mol. The van der Waals surface area contributed by atoms with Crippen LogP contribution in [0.3, 0.4) is 0 Å². The van der Waals surface area contributed by atoms with Gasteiger partial charge in [0, 0.05) is 13.3 Å². The number of ether oxygens (including phenoxy) is 1. The van der Waals surface area contributed by atoms with E-state index in [1.165, 1.54) is 31.2 Å². The Balaban J connectivity index is 2.26. The summed E-state index contributed by atoms with van der Waals surface area (Å²) in [6, 6.07) is 9.38. The molecule has 2 aromatic rings. The highest BCUT2D eigenvalue weighted by atomic mass is 19.4. The first-order chi connectivity index (χ1) is 13.6. The lowest BCUT2D eigenvalue weighted by Crippen LogP contribution is -2.43. The first-order valence-electron chi connectivity index (χ1n) is 8.53. The fourth-order valence-electron chi connectivity index (χ4n) is 2.66. The minimum atomic E-state index is -4.53. The average Bonchev–Trinajstić information content (AvgIpc) is 2.66. The van der Waals surface area contributed by atoms with Gasteiger partial charge in [-0.2, -0.15) is 13.2 Å². The number of rotatable bonds is 6. The molecule has 2 aromatic carbocycles. The van der Waals surface area contributed by atoms with E-state index in [1.54, 1.807) is 12.1 Å². The molecule has 2 amide bonds. The standard InChI is InChI=1S/C20H19F3N2O4/c1-12(26)24-16-9-4-3-8-15(16)18(27)25-17(19(28)29-2)11-13-6-5-7-14(10-13)20(21,22)23/h3-10,17H,11H2,1-2H3,(H,24,26)(H,25,27)/t17-/m0/s1. The van der Waals surface area contributed by atoms with E-state index in [4.69, 9.17) is 0 Å². The van der Waals surface area contributed by atoms with Crippen molar-refractivity contribution >= 4 is 23.5 Å². The number of hydrogen-bond acceptors (Lipinski definition) is 4. The number of methoxy groups -OCH3 is 1. The first kappa shape index (κ1) is 21.9. The number of benzene rings is 2. The Kier molecular flexibility index (Phi) is 6.98. The van der Waals surface area contributed by atoms with Crippen molar-refractivity contribution in [2.24, 2.45) is 0 Å². The second-order valence-electron chi connectivity index (χ2n) is 6.18. The molecule has 0 bridgehead atoms. The second kappa shape index (κ2) is 9.22. The maximum absolute atomic E-state index is 12.9. The van der Waals surface area contributed by atoms with Gasteiger partial charge in [0.1, 0.15) is 6.04 Å². The van der Waals surface area contributed by atoms with Crippen molar-refractivity contribution in [3.8, 4) is 0 Å². The van der Waals surface area contributed by atoms with Crippen LogP contribution < -0.4 is 10.6 Å². The molecule has 1 atom stereocenters. The lowest BCUT2D eigenvalue weighted by atomic mass is 10.0. The Labute approximate surface area is 165 Å². The summed E-state index contributed by atoms with van der Waals surface area (Å²) in [5.74, 6) is -1.89. The van der Waals surface area contributed by atoms with E-state index in [0.29, 0.717) is 0 Å². The number of para-hydroxylation sites is 1. The van der Waals surface area contributed by atoms with Gasteiger partial charge in [0.25, 0.3) is 5.91 Å². The number of halogens is 3. The molecule has 0 radical (unpaired) electrons. The zero-order valence-corrected chi connectivity index (χ0v) is 15.7. The Hall–Kier alpha value is -3.36. The summed E-state index contributed by atoms with van der Waals surface area (Å²) < 4.78 is 43.4. The van der Waals surface area contributed by atoms with Crippen molar-refractivity contribution < 1.29 is 32.3 Å². The molecular weight excluding hydrogens is 389 g/mol. The smallest absolute Gasteiger partial charge is 0.416 e. The molecule has 0 saturated heterocycles. The number of nitrogens with one attached hydrogen (secondary N) is 2. The van der Waals surface area contributed by atoms with E-state index >= 15 is 0 Å². The van der Waals surface area contributed by atoms with Gasteiger partial charge >= 0.3 is 12.1 Å². The molecule has 0 spiro atoms. The predicted octanol–water partition coefficient (Wildman–Crippen LogP) is 3.18. The molecule has 0 saturated carbocycles. The van der Waals surface area contributed by atoms with E-state index in [0.717, 1.165) is 19.2 Å². The molecule has 2 rings (SSSR count). The molecule has 6 nitrogen and oxygen atoms in total. The summed E-state index contributed by atoms with van der Waals surface area (Å²) in [4.78, 5) is 36.1. The van der Waals surface area contributed by atoms with Crippen LogP contribution in [0.4, 0.5) is 18.9 Å². The van der Waals surface area contributed by atoms with Crippen LogP contribution >= 0.6 is 0 Å². The van der Waals surface area contributed by atoms with Gasteiger partial charge in [-0.1, -0.05) is 30.3 Å². The van der Waals surface area contributed by atoms with Gasteiger partial charge in [0.2, 0.25) is 5.91 Å². The highest BCUT2D eigenvalue weighted by Crippen LogP contribution is 2.29. The fraction of sp³-hybridized carbons (Fsp3) is 0.250. The number of carbonyl (C=O) groups is 3. The topological polar surface area (TPSA) is 84.5 Å². The van der Waals surface area contributed by atoms with Crippen LogP contribution in [0.2, 0.25) is 0 Å². The first-order valence-corrected chi connectivity index (χ1v) is 8.53. The zero-order valence-electron chi connectivity index (χ0n) is 15.7. The number of alkyl halides is 3. The Bertz CT molecular complexity index is 913. The third-order valence-electron chi connectivity index (χ3n) is 3.97. The zero-order chi connectivity index (χ0) is 21.6. The Morgan fingerprint density at radius 1 is 1.07 bits per heavy atom. The van der Waals surface area contributed by atoms with Crippen LogP contribution in [-0.2, 0) is 26.9 Å². The maximum atomic E-state index is 12.9. The molecule has 0 unspecified atom stereocenters. The lowest BCUT2D eigenvalue weighted by molar-refractivity contribution is -0.142. The molecule has 2 N–H and O–H groups in total. The molecule has 0 fully saturated rings. The van der Waals surface area contributed by atoms with Crippen molar-refractivity contribution in [2.75, 3.05) is 12.4 Å². The minimum Gasteiger partial charge on any atom is -0.467 e. The van der Waals surface area contributed by atoms with Crippen LogP contribution in [0.15, 0.2) is 48.5 Å². The Morgan fingerprint density at radius 2 is 1.76 bits per heavy atom. The summed E-state index contributed by atoms with van der Waals surface area (Å²) >= 11 is 0. The third-order valence-corrected chi connectivity index (χ3v) is 3.97. The van der Waals surface area contributed by atoms with Gasteiger partial charge in [0.05, 0.1) is 23.9 Å². The van der Waals surface area contributed by atoms with Crippen molar-refractivity contribution in [1.82, 2.24) is 5.32 Å². The molecule has 0 aliphatic carbocycles. The van der Waals surface area contributed by atoms with Gasteiger partial charge < -0.3 is 15.4 Å². The lowest BCUT2D eigenvalue weighted by Gasteiger charge is -2.18. The van der Waals surface area contributed by atoms with E-state index in [2.05, 4.69) is 15.4 Å². The molecule has 0 aromatic heterocycles. The quantitative estimate of drug-likeness (QED) is 0.719. The maximum Gasteiger partial charge on any atom is 0.416 e. The summed E-state index contributed by atoms with van der Waals surface area (Å²) in [6.45, 7) is 1.28. The normalized spacial score (nSPS) is 12.0. The largest absolute Gasteiger partial charge is 0.467 e. The van der Waals surface area contributed by atoms with Crippen molar-refractivity contribution in [3.05, 3.63) is 65.2 Å². The van der Waals surface area contributed by atoms with Gasteiger partial charge in [-0.25, -0.2) is 4.79 Å². The van der Waals surface area contributed by atoms with E-state index in [-0.39, 0.29) is 23.2 Å². The molecule has 0 aliphatic rings. The molecular formula is C20H19F3N2O4.